The van der Waals surface area contributed by atoms with Gasteiger partial charge in [0.2, 0.25) is 5.91 Å². The van der Waals surface area contributed by atoms with Crippen molar-refractivity contribution in [1.82, 2.24) is 15.4 Å². The zero-order chi connectivity index (χ0) is 27.6. The summed E-state index contributed by atoms with van der Waals surface area (Å²) in [5.74, 6) is -1.83. The minimum Gasteiger partial charge on any atom is -0.489 e. The Balaban J connectivity index is 1.31. The maximum atomic E-state index is 13.4. The molecule has 11 heteroatoms. The quantitative estimate of drug-likeness (QED) is 0.321. The van der Waals surface area contributed by atoms with Gasteiger partial charge in [0.05, 0.1) is 28.1 Å². The average molecular weight is 554 g/mol. The van der Waals surface area contributed by atoms with Gasteiger partial charge in [0, 0.05) is 29.8 Å². The number of hydrogen-bond donors (Lipinski definition) is 2. The van der Waals surface area contributed by atoms with Crippen LogP contribution in [0.25, 0.3) is 10.9 Å². The molecule has 39 heavy (non-hydrogen) atoms. The summed E-state index contributed by atoms with van der Waals surface area (Å²) in [5, 5.41) is 10.2. The van der Waals surface area contributed by atoms with Crippen LogP contribution in [0.3, 0.4) is 0 Å². The summed E-state index contributed by atoms with van der Waals surface area (Å²) >= 11 is 0. The molecular formula is C28H31N3O7S. The molecule has 10 nitrogen and oxygen atoms in total. The zero-order valence-corrected chi connectivity index (χ0v) is 22.4. The number of amides is 2. The lowest BCUT2D eigenvalue weighted by molar-refractivity contribution is -0.142. The van der Waals surface area contributed by atoms with Crippen LogP contribution in [0.15, 0.2) is 59.5 Å². The molecule has 2 saturated heterocycles. The van der Waals surface area contributed by atoms with Crippen LogP contribution in [0.4, 0.5) is 0 Å². The van der Waals surface area contributed by atoms with Gasteiger partial charge in [-0.25, -0.2) is 13.9 Å². The van der Waals surface area contributed by atoms with Gasteiger partial charge in [-0.1, -0.05) is 18.2 Å². The van der Waals surface area contributed by atoms with Gasteiger partial charge < -0.3 is 14.4 Å². The summed E-state index contributed by atoms with van der Waals surface area (Å²) in [4.78, 5) is 31.4. The molecule has 0 saturated carbocycles. The van der Waals surface area contributed by atoms with Crippen molar-refractivity contribution in [2.45, 2.75) is 49.8 Å². The van der Waals surface area contributed by atoms with Gasteiger partial charge in [0.15, 0.2) is 9.84 Å². The minimum absolute atomic E-state index is 0.0552. The topological polar surface area (TPSA) is 135 Å². The molecule has 3 atom stereocenters. The van der Waals surface area contributed by atoms with E-state index in [0.717, 1.165) is 28.6 Å². The summed E-state index contributed by atoms with van der Waals surface area (Å²) in [6.07, 6.45) is 0.922. The van der Waals surface area contributed by atoms with Gasteiger partial charge in [0.1, 0.15) is 18.5 Å². The number of nitrogens with zero attached hydrogens (tertiary/aromatic N) is 2. The smallest absolute Gasteiger partial charge is 0.252 e. The van der Waals surface area contributed by atoms with Crippen LogP contribution in [0.1, 0.15) is 30.5 Å². The van der Waals surface area contributed by atoms with Crippen molar-refractivity contribution in [1.29, 1.82) is 0 Å². The molecule has 0 spiro atoms. The van der Waals surface area contributed by atoms with Gasteiger partial charge in [-0.2, -0.15) is 0 Å². The molecular weight excluding hydrogens is 522 g/mol. The Bertz CT molecular complexity index is 1470. The standard InChI is InChI=1S/C28H31N3O7S/c1-18-15-19(22-5-2-3-6-24(22)29-18)16-38-20-8-10-21(11-9-20)39(35,36)17-25-23(27(32)30-34)12-13-31(25)28(33)26-7-4-14-37-26/h2-3,5-6,8-11,15,23,25-26,34H,4,7,12-14,16-17H2,1H3,(H,30,32)/t23-,25-,26?/m0/s1. The van der Waals surface area contributed by atoms with Crippen LogP contribution in [0.2, 0.25) is 0 Å². The molecule has 1 aromatic heterocycles. The van der Waals surface area contributed by atoms with Crippen molar-refractivity contribution >= 4 is 32.6 Å². The number of para-hydroxylation sites is 1. The number of likely N-dealkylation sites (tertiary alicyclic amines) is 1. The molecule has 1 unspecified atom stereocenters. The number of hydroxylamine groups is 1. The first-order valence-corrected chi connectivity index (χ1v) is 14.6. The Hall–Kier alpha value is -3.54. The summed E-state index contributed by atoms with van der Waals surface area (Å²) in [6.45, 7) is 2.90. The third-order valence-electron chi connectivity index (χ3n) is 7.38. The van der Waals surface area contributed by atoms with Crippen molar-refractivity contribution in [2.24, 2.45) is 5.92 Å². The number of sulfone groups is 1. The highest BCUT2D eigenvalue weighted by Crippen LogP contribution is 2.31. The second kappa shape index (κ2) is 11.3. The van der Waals surface area contributed by atoms with E-state index in [2.05, 4.69) is 4.98 Å². The lowest BCUT2D eigenvalue weighted by Gasteiger charge is -2.29. The average Bonchev–Trinajstić information content (AvgIpc) is 3.62. The van der Waals surface area contributed by atoms with E-state index in [1.54, 1.807) is 17.6 Å². The highest BCUT2D eigenvalue weighted by atomic mass is 32.2. The van der Waals surface area contributed by atoms with Crippen LogP contribution in [-0.4, -0.2) is 66.4 Å². The first-order valence-electron chi connectivity index (χ1n) is 12.9. The van der Waals surface area contributed by atoms with Crippen LogP contribution in [0.5, 0.6) is 5.75 Å². The van der Waals surface area contributed by atoms with E-state index in [-0.39, 0.29) is 30.4 Å². The number of nitrogens with one attached hydrogen (secondary N) is 1. The molecule has 2 aliphatic rings. The van der Waals surface area contributed by atoms with Crippen molar-refractivity contribution in [3.05, 3.63) is 65.9 Å². The largest absolute Gasteiger partial charge is 0.489 e. The van der Waals surface area contributed by atoms with E-state index >= 15 is 0 Å². The number of aromatic nitrogens is 1. The van der Waals surface area contributed by atoms with Gasteiger partial charge >= 0.3 is 0 Å². The number of ether oxygens (including phenoxy) is 2. The lowest BCUT2D eigenvalue weighted by Crippen LogP contribution is -2.49. The summed E-state index contributed by atoms with van der Waals surface area (Å²) < 4.78 is 38.3. The van der Waals surface area contributed by atoms with E-state index < -0.39 is 39.6 Å². The Kier molecular flexibility index (Phi) is 7.83. The molecule has 2 aromatic carbocycles. The maximum absolute atomic E-state index is 13.4. The number of carbonyl (C=O) groups is 2. The molecule has 206 valence electrons. The van der Waals surface area contributed by atoms with Crippen LogP contribution < -0.4 is 10.2 Å². The second-order valence-corrected chi connectivity index (χ2v) is 12.0. The summed E-state index contributed by atoms with van der Waals surface area (Å²) in [6, 6.07) is 14.9. The molecule has 3 aromatic rings. The predicted molar refractivity (Wildman–Crippen MR) is 142 cm³/mol. The van der Waals surface area contributed by atoms with E-state index in [1.807, 2.05) is 37.3 Å². The molecule has 2 aliphatic heterocycles. The van der Waals surface area contributed by atoms with E-state index in [0.29, 0.717) is 18.8 Å². The fraction of sp³-hybridized carbons (Fsp3) is 0.393. The second-order valence-electron chi connectivity index (χ2n) is 9.95. The van der Waals surface area contributed by atoms with Crippen LogP contribution in [-0.2, 0) is 30.8 Å². The fourth-order valence-corrected chi connectivity index (χ4v) is 7.02. The third kappa shape index (κ3) is 5.75. The molecule has 3 heterocycles. The number of pyridine rings is 1. The van der Waals surface area contributed by atoms with Crippen molar-refractivity contribution in [2.75, 3.05) is 18.9 Å². The highest BCUT2D eigenvalue weighted by Gasteiger charge is 2.45. The fourth-order valence-electron chi connectivity index (χ4n) is 5.42. The number of aryl methyl sites for hydroxylation is 1. The van der Waals surface area contributed by atoms with Crippen LogP contribution >= 0.6 is 0 Å². The van der Waals surface area contributed by atoms with E-state index in [9.17, 15) is 23.2 Å². The summed E-state index contributed by atoms with van der Waals surface area (Å²) in [7, 11) is -3.89. The van der Waals surface area contributed by atoms with Gasteiger partial charge in [-0.05, 0) is 62.6 Å². The van der Waals surface area contributed by atoms with E-state index in [1.165, 1.54) is 17.0 Å². The van der Waals surface area contributed by atoms with Crippen molar-refractivity contribution in [3.8, 4) is 5.75 Å². The first kappa shape index (κ1) is 27.0. The monoisotopic (exact) mass is 553 g/mol. The van der Waals surface area contributed by atoms with Gasteiger partial charge in [-0.3, -0.25) is 19.8 Å². The molecule has 0 radical (unpaired) electrons. The molecule has 0 aliphatic carbocycles. The number of rotatable bonds is 8. The highest BCUT2D eigenvalue weighted by molar-refractivity contribution is 7.91. The summed E-state index contributed by atoms with van der Waals surface area (Å²) in [5.41, 5.74) is 4.35. The number of fused-ring (bicyclic) bond motifs is 1. The molecule has 2 fully saturated rings. The first-order chi connectivity index (χ1) is 18.8. The Labute approximate surface area is 226 Å². The number of carbonyl (C=O) groups excluding carboxylic acids is 2. The SMILES string of the molecule is Cc1cc(COc2ccc(S(=O)(=O)C[C@H]3[C@@H](C(=O)NO)CCN3C(=O)C3CCCO3)cc2)c2ccccc2n1. The van der Waals surface area contributed by atoms with Crippen molar-refractivity contribution in [3.63, 3.8) is 0 Å². The van der Waals surface area contributed by atoms with Crippen molar-refractivity contribution < 1.29 is 32.7 Å². The Morgan fingerprint density at radius 3 is 2.64 bits per heavy atom. The molecule has 0 bridgehead atoms. The zero-order valence-electron chi connectivity index (χ0n) is 21.6. The third-order valence-corrected chi connectivity index (χ3v) is 9.15. The normalized spacial score (nSPS) is 21.3. The van der Waals surface area contributed by atoms with Crippen LogP contribution in [0, 0.1) is 12.8 Å². The minimum atomic E-state index is -3.89. The molecule has 2 amide bonds. The maximum Gasteiger partial charge on any atom is 0.252 e. The van der Waals surface area contributed by atoms with Gasteiger partial charge in [0.25, 0.3) is 5.91 Å². The molecule has 5 rings (SSSR count). The van der Waals surface area contributed by atoms with Gasteiger partial charge in [-0.15, -0.1) is 0 Å². The number of benzene rings is 2. The van der Waals surface area contributed by atoms with E-state index in [4.69, 9.17) is 9.47 Å². The lowest BCUT2D eigenvalue weighted by atomic mass is 10.0. The molecule has 2 N–H and O–H groups in total. The Morgan fingerprint density at radius 2 is 1.92 bits per heavy atom. The number of hydrogen-bond acceptors (Lipinski definition) is 8. The predicted octanol–water partition coefficient (Wildman–Crippen LogP) is 2.80. The Morgan fingerprint density at radius 1 is 1.15 bits per heavy atom.